The fourth-order valence-corrected chi connectivity index (χ4v) is 3.47. The first-order chi connectivity index (χ1) is 17.4. The highest BCUT2D eigenvalue weighted by molar-refractivity contribution is 5.74. The van der Waals surface area contributed by atoms with Gasteiger partial charge in [-0.05, 0) is 49.9 Å². The van der Waals surface area contributed by atoms with E-state index in [-0.39, 0.29) is 12.1 Å². The summed E-state index contributed by atoms with van der Waals surface area (Å²) in [5.41, 5.74) is 1.98. The number of carbonyl (C=O) groups is 2. The summed E-state index contributed by atoms with van der Waals surface area (Å²) in [6.07, 6.45) is 1.00. The summed E-state index contributed by atoms with van der Waals surface area (Å²) in [5, 5.41) is 12.3. The van der Waals surface area contributed by atoms with Crippen LogP contribution >= 0.6 is 0 Å². The van der Waals surface area contributed by atoms with Crippen LogP contribution in [0, 0.1) is 0 Å². The van der Waals surface area contributed by atoms with E-state index in [1.165, 1.54) is 0 Å². The summed E-state index contributed by atoms with van der Waals surface area (Å²) >= 11 is 0. The molecule has 0 aliphatic heterocycles. The average molecular weight is 501 g/mol. The molecule has 2 unspecified atom stereocenters. The maximum atomic E-state index is 12.8. The maximum absolute atomic E-state index is 12.8. The largest absolute Gasteiger partial charge is 0.492 e. The van der Waals surface area contributed by atoms with Gasteiger partial charge in [0.25, 0.3) is 0 Å². The Labute approximate surface area is 214 Å². The lowest BCUT2D eigenvalue weighted by Gasteiger charge is -2.25. The fourth-order valence-electron chi connectivity index (χ4n) is 3.47. The molecule has 0 fully saturated rings. The van der Waals surface area contributed by atoms with E-state index in [0.29, 0.717) is 51.7 Å². The predicted octanol–water partition coefficient (Wildman–Crippen LogP) is 4.51. The molecule has 0 aliphatic rings. The molecule has 0 heterocycles. The number of nitrogens with one attached hydrogen (secondary N) is 1. The lowest BCUT2D eigenvalue weighted by Crippen LogP contribution is -2.45. The molecule has 2 amide bonds. The smallest absolute Gasteiger partial charge is 0.333 e. The molecule has 36 heavy (non-hydrogen) atoms. The number of nitrogens with zero attached hydrogens (tertiary/aromatic N) is 1. The molecule has 0 spiro atoms. The first-order valence-electron chi connectivity index (χ1n) is 12.7. The van der Waals surface area contributed by atoms with Gasteiger partial charge in [0.1, 0.15) is 12.4 Å². The van der Waals surface area contributed by atoms with Crippen LogP contribution in [0.3, 0.4) is 0 Å². The summed E-state index contributed by atoms with van der Waals surface area (Å²) in [7, 11) is 0. The van der Waals surface area contributed by atoms with Crippen molar-refractivity contribution in [1.82, 2.24) is 10.2 Å². The zero-order valence-electron chi connectivity index (χ0n) is 21.7. The van der Waals surface area contributed by atoms with Gasteiger partial charge in [-0.1, -0.05) is 49.4 Å². The van der Waals surface area contributed by atoms with Crippen LogP contribution in [0.5, 0.6) is 5.75 Å². The minimum atomic E-state index is -0.974. The molecular weight excluding hydrogens is 460 g/mol. The number of hydrogen-bond acceptors (Lipinski definition) is 5. The lowest BCUT2D eigenvalue weighted by atomic mass is 10.1. The first-order valence-corrected chi connectivity index (χ1v) is 12.7. The first kappa shape index (κ1) is 29.1. The Kier molecular flexibility index (Phi) is 13.4. The molecule has 2 aromatic carbocycles. The zero-order chi connectivity index (χ0) is 26.2. The van der Waals surface area contributed by atoms with Crippen molar-refractivity contribution in [2.45, 2.75) is 58.8 Å². The van der Waals surface area contributed by atoms with Gasteiger partial charge in [0.15, 0.2) is 6.10 Å². The predicted molar refractivity (Wildman–Crippen MR) is 139 cm³/mol. The van der Waals surface area contributed by atoms with Crippen LogP contribution in [0.15, 0.2) is 54.6 Å². The van der Waals surface area contributed by atoms with E-state index in [9.17, 15) is 14.7 Å². The van der Waals surface area contributed by atoms with Gasteiger partial charge in [0, 0.05) is 32.2 Å². The van der Waals surface area contributed by atoms with Crippen molar-refractivity contribution in [3.8, 4) is 5.75 Å². The van der Waals surface area contributed by atoms with E-state index in [2.05, 4.69) is 5.32 Å². The Morgan fingerprint density at radius 3 is 2.33 bits per heavy atom. The summed E-state index contributed by atoms with van der Waals surface area (Å²) in [5.74, 6) is -0.311. The molecule has 0 radical (unpaired) electrons. The van der Waals surface area contributed by atoms with Crippen molar-refractivity contribution in [1.29, 1.82) is 0 Å². The molecule has 8 nitrogen and oxygen atoms in total. The maximum Gasteiger partial charge on any atom is 0.333 e. The minimum Gasteiger partial charge on any atom is -0.492 e. The van der Waals surface area contributed by atoms with Gasteiger partial charge in [-0.3, -0.25) is 0 Å². The van der Waals surface area contributed by atoms with Gasteiger partial charge in [0.05, 0.1) is 13.2 Å². The Morgan fingerprint density at radius 1 is 0.972 bits per heavy atom. The topological polar surface area (TPSA) is 97.3 Å². The summed E-state index contributed by atoms with van der Waals surface area (Å²) in [4.78, 5) is 25.8. The Hall–Kier alpha value is -3.10. The third-order valence-electron chi connectivity index (χ3n) is 5.72. The number of carboxylic acid groups (broad SMARTS) is 1. The van der Waals surface area contributed by atoms with Crippen LogP contribution in [0.1, 0.15) is 44.7 Å². The molecule has 0 saturated heterocycles. The summed E-state index contributed by atoms with van der Waals surface area (Å²) in [6.45, 7) is 8.59. The van der Waals surface area contributed by atoms with Gasteiger partial charge in [-0.25, -0.2) is 9.59 Å². The number of carbonyl (C=O) groups excluding carboxylic acids is 1. The fraction of sp³-hybridized carbons (Fsp3) is 0.500. The average Bonchev–Trinajstić information content (AvgIpc) is 2.88. The van der Waals surface area contributed by atoms with E-state index >= 15 is 0 Å². The van der Waals surface area contributed by atoms with Crippen LogP contribution in [0.25, 0.3) is 0 Å². The highest BCUT2D eigenvalue weighted by Crippen LogP contribution is 2.15. The van der Waals surface area contributed by atoms with Crippen molar-refractivity contribution in [3.63, 3.8) is 0 Å². The second-order valence-corrected chi connectivity index (χ2v) is 8.62. The molecule has 0 aromatic heterocycles. The number of hydrogen-bond donors (Lipinski definition) is 2. The number of carboxylic acids is 1. The molecule has 0 aliphatic carbocycles. The quantitative estimate of drug-likeness (QED) is 0.310. The van der Waals surface area contributed by atoms with E-state index in [4.69, 9.17) is 14.2 Å². The van der Waals surface area contributed by atoms with Crippen LogP contribution in [-0.2, 0) is 27.3 Å². The van der Waals surface area contributed by atoms with Gasteiger partial charge in [-0.15, -0.1) is 0 Å². The summed E-state index contributed by atoms with van der Waals surface area (Å²) in [6, 6.07) is 17.3. The molecule has 0 saturated carbocycles. The molecular formula is C28H40N2O6. The lowest BCUT2D eigenvalue weighted by molar-refractivity contribution is -0.149. The van der Waals surface area contributed by atoms with Crippen molar-refractivity contribution in [3.05, 3.63) is 65.7 Å². The van der Waals surface area contributed by atoms with Crippen molar-refractivity contribution in [2.75, 3.05) is 32.9 Å². The number of urea groups is 1. The second-order valence-electron chi connectivity index (χ2n) is 8.62. The minimum absolute atomic E-state index is 0.0918. The van der Waals surface area contributed by atoms with E-state index in [1.54, 1.807) is 24.0 Å². The van der Waals surface area contributed by atoms with Crippen molar-refractivity contribution in [2.24, 2.45) is 0 Å². The number of ether oxygens (including phenoxy) is 3. The van der Waals surface area contributed by atoms with Crippen molar-refractivity contribution < 1.29 is 28.9 Å². The molecule has 198 valence electrons. The number of aliphatic carboxylic acids is 1. The highest BCUT2D eigenvalue weighted by Gasteiger charge is 2.18. The Morgan fingerprint density at radius 2 is 1.69 bits per heavy atom. The van der Waals surface area contributed by atoms with E-state index in [0.717, 1.165) is 24.0 Å². The van der Waals surface area contributed by atoms with Crippen molar-refractivity contribution >= 4 is 12.0 Å². The number of benzene rings is 2. The van der Waals surface area contributed by atoms with Gasteiger partial charge in [-0.2, -0.15) is 0 Å². The molecule has 2 atom stereocenters. The molecule has 8 heteroatoms. The molecule has 2 aromatic rings. The molecule has 0 bridgehead atoms. The second kappa shape index (κ2) is 16.5. The zero-order valence-corrected chi connectivity index (χ0v) is 21.7. The number of rotatable bonds is 17. The highest BCUT2D eigenvalue weighted by atomic mass is 16.5. The van der Waals surface area contributed by atoms with E-state index in [1.807, 2.05) is 56.3 Å². The Balaban J connectivity index is 1.81. The monoisotopic (exact) mass is 500 g/mol. The van der Waals surface area contributed by atoms with Gasteiger partial charge < -0.3 is 29.5 Å². The van der Waals surface area contributed by atoms with Crippen LogP contribution in [0.2, 0.25) is 0 Å². The van der Waals surface area contributed by atoms with Gasteiger partial charge >= 0.3 is 12.0 Å². The van der Waals surface area contributed by atoms with Crippen LogP contribution in [-0.4, -0.2) is 67.1 Å². The third-order valence-corrected chi connectivity index (χ3v) is 5.72. The molecule has 2 rings (SSSR count). The normalized spacial score (nSPS) is 12.5. The SMILES string of the molecule is CCOC(Cc1ccc(OCCN(CCCOCc2ccccc2)C(=O)NC(C)CC)cc1)C(=O)O. The van der Waals surface area contributed by atoms with Crippen LogP contribution < -0.4 is 10.1 Å². The molecule has 2 N–H and O–H groups in total. The Bertz CT molecular complexity index is 891. The van der Waals surface area contributed by atoms with E-state index < -0.39 is 12.1 Å². The summed E-state index contributed by atoms with van der Waals surface area (Å²) < 4.78 is 16.9. The standard InChI is InChI=1S/C28H40N2O6/c1-4-22(3)29-28(33)30(16-9-18-34-21-24-10-7-6-8-11-24)17-19-36-25-14-12-23(13-15-25)20-26(27(31)32)35-5-2/h6-8,10-15,22,26H,4-5,9,16-21H2,1-3H3,(H,29,33)(H,31,32). The number of amides is 2. The van der Waals surface area contributed by atoms with Gasteiger partial charge in [0.2, 0.25) is 0 Å². The third kappa shape index (κ3) is 11.1. The van der Waals surface area contributed by atoms with Crippen LogP contribution in [0.4, 0.5) is 4.79 Å².